The molecule has 0 aromatic heterocycles. The molecule has 0 radical (unpaired) electrons. The maximum absolute atomic E-state index is 10.9. The lowest BCUT2D eigenvalue weighted by Gasteiger charge is -2.26. The molecule has 2 aromatic rings. The van der Waals surface area contributed by atoms with Crippen LogP contribution in [-0.2, 0) is 11.0 Å². The van der Waals surface area contributed by atoms with E-state index in [9.17, 15) is 5.11 Å². The Kier molecular flexibility index (Phi) is 4.11. The van der Waals surface area contributed by atoms with Crippen LogP contribution in [-0.4, -0.2) is 12.2 Å². The van der Waals surface area contributed by atoms with Crippen molar-refractivity contribution in [3.63, 3.8) is 0 Å². The third-order valence-corrected chi connectivity index (χ3v) is 3.94. The van der Waals surface area contributed by atoms with Crippen molar-refractivity contribution >= 4 is 0 Å². The zero-order valence-electron chi connectivity index (χ0n) is 13.5. The molecule has 1 unspecified atom stereocenters. The van der Waals surface area contributed by atoms with Gasteiger partial charge in [0.15, 0.2) is 0 Å². The second-order valence-corrected chi connectivity index (χ2v) is 6.63. The molecule has 0 saturated heterocycles. The van der Waals surface area contributed by atoms with Gasteiger partial charge >= 0.3 is 0 Å². The first-order valence-electron chi connectivity index (χ1n) is 7.23. The summed E-state index contributed by atoms with van der Waals surface area (Å²) in [4.78, 5) is 0. The molecule has 2 nitrogen and oxygen atoms in total. The van der Waals surface area contributed by atoms with Crippen LogP contribution in [0.15, 0.2) is 48.5 Å². The van der Waals surface area contributed by atoms with Gasteiger partial charge in [-0.1, -0.05) is 57.2 Å². The van der Waals surface area contributed by atoms with E-state index in [1.165, 1.54) is 5.56 Å². The summed E-state index contributed by atoms with van der Waals surface area (Å²) in [5, 5.41) is 10.9. The molecule has 0 aliphatic heterocycles. The van der Waals surface area contributed by atoms with Crippen molar-refractivity contribution in [2.75, 3.05) is 7.11 Å². The van der Waals surface area contributed by atoms with Crippen molar-refractivity contribution in [2.45, 2.75) is 38.7 Å². The van der Waals surface area contributed by atoms with Crippen LogP contribution < -0.4 is 4.74 Å². The zero-order chi connectivity index (χ0) is 15.7. The molecule has 0 spiro atoms. The Morgan fingerprint density at radius 1 is 0.810 bits per heavy atom. The summed E-state index contributed by atoms with van der Waals surface area (Å²) in [5.41, 5.74) is 2.03. The predicted molar refractivity (Wildman–Crippen MR) is 86.8 cm³/mol. The van der Waals surface area contributed by atoms with Gasteiger partial charge in [-0.25, -0.2) is 0 Å². The van der Waals surface area contributed by atoms with E-state index in [4.69, 9.17) is 4.74 Å². The van der Waals surface area contributed by atoms with Gasteiger partial charge in [-0.15, -0.1) is 0 Å². The number of ether oxygens (including phenoxy) is 1. The third kappa shape index (κ3) is 3.27. The summed E-state index contributed by atoms with van der Waals surface area (Å²) in [6, 6.07) is 15.7. The SMILES string of the molecule is COc1cccc(C(C)(O)c2ccc(C(C)(C)C)cc2)c1. The fourth-order valence-corrected chi connectivity index (χ4v) is 2.39. The summed E-state index contributed by atoms with van der Waals surface area (Å²) in [6.45, 7) is 8.36. The largest absolute Gasteiger partial charge is 0.497 e. The van der Waals surface area contributed by atoms with Gasteiger partial charge in [0.05, 0.1) is 7.11 Å². The van der Waals surface area contributed by atoms with E-state index in [-0.39, 0.29) is 5.41 Å². The highest BCUT2D eigenvalue weighted by Gasteiger charge is 2.26. The Labute approximate surface area is 127 Å². The van der Waals surface area contributed by atoms with Crippen LogP contribution in [0, 0.1) is 0 Å². The van der Waals surface area contributed by atoms with Crippen LogP contribution >= 0.6 is 0 Å². The van der Waals surface area contributed by atoms with E-state index in [0.29, 0.717) is 0 Å². The van der Waals surface area contributed by atoms with Crippen LogP contribution in [0.4, 0.5) is 0 Å². The average Bonchev–Trinajstić information content (AvgIpc) is 2.46. The van der Waals surface area contributed by atoms with E-state index in [1.807, 2.05) is 43.3 Å². The molecule has 1 atom stereocenters. The molecule has 0 heterocycles. The molecule has 1 N–H and O–H groups in total. The first-order chi connectivity index (χ1) is 9.75. The number of methoxy groups -OCH3 is 1. The Balaban J connectivity index is 2.38. The van der Waals surface area contributed by atoms with E-state index in [1.54, 1.807) is 7.11 Å². The molecule has 2 aromatic carbocycles. The maximum Gasteiger partial charge on any atom is 0.119 e. The Morgan fingerprint density at radius 3 is 1.90 bits per heavy atom. The number of rotatable bonds is 3. The minimum Gasteiger partial charge on any atom is -0.497 e. The number of hydrogen-bond acceptors (Lipinski definition) is 2. The van der Waals surface area contributed by atoms with Crippen molar-refractivity contribution in [2.24, 2.45) is 0 Å². The predicted octanol–water partition coefficient (Wildman–Crippen LogP) is 4.25. The Hall–Kier alpha value is -1.80. The van der Waals surface area contributed by atoms with Crippen LogP contribution in [0.25, 0.3) is 0 Å². The molecular formula is C19H24O2. The minimum absolute atomic E-state index is 0.111. The lowest BCUT2D eigenvalue weighted by atomic mass is 9.83. The molecule has 2 heteroatoms. The first-order valence-corrected chi connectivity index (χ1v) is 7.23. The molecule has 0 aliphatic carbocycles. The van der Waals surface area contributed by atoms with E-state index in [2.05, 4.69) is 32.9 Å². The van der Waals surface area contributed by atoms with Gasteiger partial charge in [0.25, 0.3) is 0 Å². The second kappa shape index (κ2) is 5.53. The van der Waals surface area contributed by atoms with Crippen molar-refractivity contribution in [1.29, 1.82) is 0 Å². The standard InChI is InChI=1S/C19H24O2/c1-18(2,3)14-9-11-15(12-10-14)19(4,20)16-7-6-8-17(13-16)21-5/h6-13,20H,1-5H3. The van der Waals surface area contributed by atoms with Crippen LogP contribution in [0.5, 0.6) is 5.75 Å². The van der Waals surface area contributed by atoms with Crippen LogP contribution in [0.2, 0.25) is 0 Å². The summed E-state index contributed by atoms with van der Waals surface area (Å²) >= 11 is 0. The van der Waals surface area contributed by atoms with Crippen molar-refractivity contribution in [3.8, 4) is 5.75 Å². The smallest absolute Gasteiger partial charge is 0.119 e. The van der Waals surface area contributed by atoms with Gasteiger partial charge in [-0.2, -0.15) is 0 Å². The normalized spacial score (nSPS) is 14.6. The molecular weight excluding hydrogens is 260 g/mol. The first kappa shape index (κ1) is 15.6. The number of benzene rings is 2. The molecule has 0 saturated carbocycles. The fourth-order valence-electron chi connectivity index (χ4n) is 2.39. The average molecular weight is 284 g/mol. The van der Waals surface area contributed by atoms with E-state index >= 15 is 0 Å². The fraction of sp³-hybridized carbons (Fsp3) is 0.368. The van der Waals surface area contributed by atoms with E-state index < -0.39 is 5.60 Å². The molecule has 0 amide bonds. The van der Waals surface area contributed by atoms with Crippen molar-refractivity contribution < 1.29 is 9.84 Å². The number of hydrogen-bond donors (Lipinski definition) is 1. The highest BCUT2D eigenvalue weighted by Crippen LogP contribution is 2.32. The van der Waals surface area contributed by atoms with Gasteiger partial charge in [0, 0.05) is 0 Å². The second-order valence-electron chi connectivity index (χ2n) is 6.63. The molecule has 2 rings (SSSR count). The zero-order valence-corrected chi connectivity index (χ0v) is 13.5. The van der Waals surface area contributed by atoms with Gasteiger partial charge < -0.3 is 9.84 Å². The molecule has 21 heavy (non-hydrogen) atoms. The molecule has 0 aliphatic rings. The Morgan fingerprint density at radius 2 is 1.38 bits per heavy atom. The summed E-state index contributed by atoms with van der Waals surface area (Å²) in [6.07, 6.45) is 0. The Bertz CT molecular complexity index is 604. The quantitative estimate of drug-likeness (QED) is 0.913. The highest BCUT2D eigenvalue weighted by molar-refractivity contribution is 5.40. The number of aliphatic hydroxyl groups is 1. The van der Waals surface area contributed by atoms with E-state index in [0.717, 1.165) is 16.9 Å². The highest BCUT2D eigenvalue weighted by atomic mass is 16.5. The molecule has 0 fully saturated rings. The molecule has 0 bridgehead atoms. The monoisotopic (exact) mass is 284 g/mol. The maximum atomic E-state index is 10.9. The summed E-state index contributed by atoms with van der Waals surface area (Å²) < 4.78 is 5.24. The van der Waals surface area contributed by atoms with Gasteiger partial charge in [0.2, 0.25) is 0 Å². The van der Waals surface area contributed by atoms with Crippen molar-refractivity contribution in [3.05, 3.63) is 65.2 Å². The summed E-state index contributed by atoms with van der Waals surface area (Å²) in [7, 11) is 1.63. The molecule has 112 valence electrons. The summed E-state index contributed by atoms with van der Waals surface area (Å²) in [5.74, 6) is 0.749. The lowest BCUT2D eigenvalue weighted by Crippen LogP contribution is -2.23. The van der Waals surface area contributed by atoms with Crippen LogP contribution in [0.3, 0.4) is 0 Å². The lowest BCUT2D eigenvalue weighted by molar-refractivity contribution is 0.102. The minimum atomic E-state index is -1.04. The van der Waals surface area contributed by atoms with Gasteiger partial charge in [0.1, 0.15) is 11.4 Å². The van der Waals surface area contributed by atoms with Crippen LogP contribution in [0.1, 0.15) is 44.4 Å². The van der Waals surface area contributed by atoms with Gasteiger partial charge in [-0.3, -0.25) is 0 Å². The van der Waals surface area contributed by atoms with Crippen molar-refractivity contribution in [1.82, 2.24) is 0 Å². The topological polar surface area (TPSA) is 29.5 Å². The third-order valence-electron chi connectivity index (χ3n) is 3.94. The van der Waals surface area contributed by atoms with Gasteiger partial charge in [-0.05, 0) is 41.2 Å².